The average Bonchev–Trinajstić information content (AvgIpc) is 3.24. The van der Waals surface area contributed by atoms with Gasteiger partial charge in [0.1, 0.15) is 42.0 Å². The van der Waals surface area contributed by atoms with E-state index in [1.165, 1.54) is 41.6 Å². The Kier molecular flexibility index (Phi) is 4.47. The summed E-state index contributed by atoms with van der Waals surface area (Å²) in [6.07, 6.45) is 3.29. The van der Waals surface area contributed by atoms with Gasteiger partial charge in [0.15, 0.2) is 0 Å². The van der Waals surface area contributed by atoms with Crippen molar-refractivity contribution in [1.82, 2.24) is 19.7 Å². The number of carbonyl (C=O) groups excluding carboxylic acids is 1. The highest BCUT2D eigenvalue weighted by atomic mass is 19.1. The van der Waals surface area contributed by atoms with Gasteiger partial charge in [-0.2, -0.15) is 5.10 Å². The van der Waals surface area contributed by atoms with Crippen molar-refractivity contribution in [2.75, 3.05) is 19.7 Å². The summed E-state index contributed by atoms with van der Waals surface area (Å²) >= 11 is 0. The van der Waals surface area contributed by atoms with Gasteiger partial charge in [-0.15, -0.1) is 0 Å². The van der Waals surface area contributed by atoms with E-state index in [1.807, 2.05) is 0 Å². The lowest BCUT2D eigenvalue weighted by Crippen LogP contribution is -2.48. The van der Waals surface area contributed by atoms with E-state index < -0.39 is 11.1 Å². The molecule has 1 fully saturated rings. The van der Waals surface area contributed by atoms with E-state index in [0.717, 1.165) is 0 Å². The van der Waals surface area contributed by atoms with E-state index in [0.29, 0.717) is 18.7 Å². The molecule has 25 heavy (non-hydrogen) atoms. The fourth-order valence-electron chi connectivity index (χ4n) is 2.88. The standard InChI is InChI=1S/C17H21FN4O3/c1-16(2,22-12-19-11-20-22)15(23)21-8-7-17(24,9-21)10-25-14-5-3-13(18)4-6-14/h3-6,11-12,24H,7-10H2,1-2H3/t17-/m0/s1. The second-order valence-electron chi connectivity index (χ2n) is 6.84. The molecular formula is C17H21FN4O3. The van der Waals surface area contributed by atoms with Crippen molar-refractivity contribution in [2.45, 2.75) is 31.4 Å². The van der Waals surface area contributed by atoms with E-state index in [2.05, 4.69) is 10.1 Å². The van der Waals surface area contributed by atoms with Crippen LogP contribution in [-0.2, 0) is 10.3 Å². The number of nitrogens with zero attached hydrogens (tertiary/aromatic N) is 4. The highest BCUT2D eigenvalue weighted by Gasteiger charge is 2.43. The third-order valence-corrected chi connectivity index (χ3v) is 4.46. The SMILES string of the molecule is CC(C)(C(=O)N1CC[C@@](O)(COc2ccc(F)cc2)C1)n1cncn1. The highest BCUT2D eigenvalue weighted by Crippen LogP contribution is 2.27. The molecule has 7 nitrogen and oxygen atoms in total. The van der Waals surface area contributed by atoms with Crippen molar-refractivity contribution in [3.8, 4) is 5.75 Å². The number of β-amino-alcohol motifs (C(OH)–C–C–N with tert-alkyl or cyclic N) is 1. The molecule has 1 atom stereocenters. The molecule has 2 aromatic rings. The van der Waals surface area contributed by atoms with Crippen LogP contribution in [0, 0.1) is 5.82 Å². The minimum absolute atomic E-state index is 0.0339. The molecule has 0 spiro atoms. The number of aliphatic hydroxyl groups is 1. The summed E-state index contributed by atoms with van der Waals surface area (Å²) in [6, 6.07) is 5.60. The van der Waals surface area contributed by atoms with Crippen molar-refractivity contribution >= 4 is 5.91 Å². The molecule has 1 aromatic heterocycles. The molecule has 134 valence electrons. The van der Waals surface area contributed by atoms with Gasteiger partial charge < -0.3 is 14.7 Å². The fraction of sp³-hybridized carbons (Fsp3) is 0.471. The second-order valence-corrected chi connectivity index (χ2v) is 6.84. The Morgan fingerprint density at radius 1 is 1.40 bits per heavy atom. The summed E-state index contributed by atoms with van der Waals surface area (Å²) in [5.74, 6) is -0.0164. The van der Waals surface area contributed by atoms with Gasteiger partial charge in [-0.25, -0.2) is 14.1 Å². The van der Waals surface area contributed by atoms with Gasteiger partial charge in [0.2, 0.25) is 5.91 Å². The zero-order valence-electron chi connectivity index (χ0n) is 14.2. The molecular weight excluding hydrogens is 327 g/mol. The van der Waals surface area contributed by atoms with Crippen LogP contribution in [0.3, 0.4) is 0 Å². The van der Waals surface area contributed by atoms with Crippen LogP contribution in [0.4, 0.5) is 4.39 Å². The van der Waals surface area contributed by atoms with Gasteiger partial charge in [0, 0.05) is 6.54 Å². The van der Waals surface area contributed by atoms with Gasteiger partial charge >= 0.3 is 0 Å². The maximum absolute atomic E-state index is 12.9. The molecule has 1 amide bonds. The van der Waals surface area contributed by atoms with E-state index in [4.69, 9.17) is 4.74 Å². The molecule has 1 saturated heterocycles. The lowest BCUT2D eigenvalue weighted by molar-refractivity contribution is -0.139. The zero-order chi connectivity index (χ0) is 18.1. The Morgan fingerprint density at radius 2 is 2.12 bits per heavy atom. The van der Waals surface area contributed by atoms with Crippen LogP contribution in [-0.4, -0.2) is 56.0 Å². The van der Waals surface area contributed by atoms with Crippen molar-refractivity contribution in [1.29, 1.82) is 0 Å². The number of hydrogen-bond donors (Lipinski definition) is 1. The predicted octanol–water partition coefficient (Wildman–Crippen LogP) is 1.19. The Hall–Kier alpha value is -2.48. The molecule has 3 rings (SSSR count). The summed E-state index contributed by atoms with van der Waals surface area (Å²) in [4.78, 5) is 18.3. The van der Waals surface area contributed by atoms with Gasteiger partial charge in [-0.1, -0.05) is 0 Å². The summed E-state index contributed by atoms with van der Waals surface area (Å²) in [7, 11) is 0. The Bertz CT molecular complexity index is 733. The molecule has 1 aliphatic rings. The highest BCUT2D eigenvalue weighted by molar-refractivity contribution is 5.84. The number of hydrogen-bond acceptors (Lipinski definition) is 5. The lowest BCUT2D eigenvalue weighted by atomic mass is 10.0. The first-order valence-electron chi connectivity index (χ1n) is 8.05. The molecule has 1 N–H and O–H groups in total. The molecule has 0 aliphatic carbocycles. The van der Waals surface area contributed by atoms with Crippen molar-refractivity contribution < 1.29 is 19.0 Å². The Balaban J connectivity index is 1.62. The minimum atomic E-state index is -1.14. The molecule has 1 aromatic carbocycles. The van der Waals surface area contributed by atoms with Crippen LogP contribution >= 0.6 is 0 Å². The van der Waals surface area contributed by atoms with Crippen LogP contribution in [0.2, 0.25) is 0 Å². The smallest absolute Gasteiger partial charge is 0.250 e. The van der Waals surface area contributed by atoms with E-state index in [1.54, 1.807) is 18.7 Å². The number of ether oxygens (including phenoxy) is 1. The normalized spacial score (nSPS) is 20.7. The maximum atomic E-state index is 12.9. The Labute approximate surface area is 145 Å². The van der Waals surface area contributed by atoms with Crippen molar-refractivity contribution in [3.05, 3.63) is 42.7 Å². The third-order valence-electron chi connectivity index (χ3n) is 4.46. The minimum Gasteiger partial charge on any atom is -0.491 e. The molecule has 2 heterocycles. The molecule has 1 aliphatic heterocycles. The van der Waals surface area contributed by atoms with Crippen LogP contribution < -0.4 is 4.74 Å². The number of amides is 1. The van der Waals surface area contributed by atoms with E-state index >= 15 is 0 Å². The van der Waals surface area contributed by atoms with Gasteiger partial charge in [0.05, 0.1) is 6.54 Å². The van der Waals surface area contributed by atoms with Gasteiger partial charge in [0.25, 0.3) is 0 Å². The molecule has 0 unspecified atom stereocenters. The van der Waals surface area contributed by atoms with Gasteiger partial charge in [-0.05, 0) is 44.5 Å². The Morgan fingerprint density at radius 3 is 2.76 bits per heavy atom. The fourth-order valence-corrected chi connectivity index (χ4v) is 2.88. The first-order chi connectivity index (χ1) is 11.8. The second kappa shape index (κ2) is 6.44. The first-order valence-corrected chi connectivity index (χ1v) is 8.05. The number of halogens is 1. The first kappa shape index (κ1) is 17.3. The van der Waals surface area contributed by atoms with E-state index in [9.17, 15) is 14.3 Å². The van der Waals surface area contributed by atoms with Crippen LogP contribution in [0.5, 0.6) is 5.75 Å². The van der Waals surface area contributed by atoms with E-state index in [-0.39, 0.29) is 24.9 Å². The third kappa shape index (κ3) is 3.63. The van der Waals surface area contributed by atoms with Crippen LogP contribution in [0.25, 0.3) is 0 Å². The molecule has 0 radical (unpaired) electrons. The number of aromatic nitrogens is 3. The zero-order valence-corrected chi connectivity index (χ0v) is 14.2. The largest absolute Gasteiger partial charge is 0.491 e. The predicted molar refractivity (Wildman–Crippen MR) is 87.4 cm³/mol. The molecule has 0 saturated carbocycles. The number of rotatable bonds is 5. The van der Waals surface area contributed by atoms with Crippen LogP contribution in [0.1, 0.15) is 20.3 Å². The summed E-state index contributed by atoms with van der Waals surface area (Å²) in [6.45, 7) is 4.16. The summed E-state index contributed by atoms with van der Waals surface area (Å²) < 4.78 is 20.0. The van der Waals surface area contributed by atoms with Gasteiger partial charge in [-0.3, -0.25) is 4.79 Å². The quantitative estimate of drug-likeness (QED) is 0.878. The van der Waals surface area contributed by atoms with Crippen LogP contribution in [0.15, 0.2) is 36.9 Å². The molecule has 0 bridgehead atoms. The maximum Gasteiger partial charge on any atom is 0.250 e. The topological polar surface area (TPSA) is 80.5 Å². The summed E-state index contributed by atoms with van der Waals surface area (Å²) in [5.41, 5.74) is -2.03. The monoisotopic (exact) mass is 348 g/mol. The number of benzene rings is 1. The number of likely N-dealkylation sites (tertiary alicyclic amines) is 1. The molecule has 8 heteroatoms. The van der Waals surface area contributed by atoms with Crippen molar-refractivity contribution in [2.24, 2.45) is 0 Å². The van der Waals surface area contributed by atoms with Crippen molar-refractivity contribution in [3.63, 3.8) is 0 Å². The average molecular weight is 348 g/mol. The summed E-state index contributed by atoms with van der Waals surface area (Å²) in [5, 5.41) is 14.7. The number of carbonyl (C=O) groups is 1. The lowest BCUT2D eigenvalue weighted by Gasteiger charge is -2.30.